The first kappa shape index (κ1) is 19.4. The Kier molecular flexibility index (Phi) is 9.41. The maximum absolute atomic E-state index is 11.6. The molecule has 2 atom stereocenters. The largest absolute Gasteiger partial charge is 0.355 e. The second-order valence-corrected chi connectivity index (χ2v) is 4.95. The van der Waals surface area contributed by atoms with Crippen molar-refractivity contribution in [2.45, 2.75) is 32.9 Å². The Balaban J connectivity index is 0.00000400. The molecule has 2 amide bonds. The molecular weight excluding hydrogens is 290 g/mol. The zero-order valence-electron chi connectivity index (χ0n) is 12.5. The number of nitrogens with two attached hydrogens (primary N) is 1. The molecule has 0 aliphatic rings. The summed E-state index contributed by atoms with van der Waals surface area (Å²) in [5.74, 6) is -0.444. The zero-order chi connectivity index (χ0) is 15.0. The summed E-state index contributed by atoms with van der Waals surface area (Å²) in [6, 6.07) is 9.50. The van der Waals surface area contributed by atoms with Crippen LogP contribution >= 0.6 is 12.4 Å². The first-order valence-corrected chi connectivity index (χ1v) is 6.84. The maximum atomic E-state index is 11.6. The highest BCUT2D eigenvalue weighted by molar-refractivity contribution is 5.85. The quantitative estimate of drug-likeness (QED) is 0.707. The summed E-state index contributed by atoms with van der Waals surface area (Å²) in [7, 11) is 0. The van der Waals surface area contributed by atoms with Gasteiger partial charge in [0, 0.05) is 31.5 Å². The lowest BCUT2D eigenvalue weighted by Crippen LogP contribution is -2.40. The fourth-order valence-corrected chi connectivity index (χ4v) is 1.58. The van der Waals surface area contributed by atoms with Crippen LogP contribution in [0, 0.1) is 5.92 Å². The van der Waals surface area contributed by atoms with Crippen molar-refractivity contribution >= 4 is 24.2 Å². The Morgan fingerprint density at radius 2 is 1.76 bits per heavy atom. The van der Waals surface area contributed by atoms with Gasteiger partial charge in [-0.05, 0) is 12.5 Å². The topological polar surface area (TPSA) is 84.2 Å². The molecule has 0 saturated carbocycles. The van der Waals surface area contributed by atoms with Crippen molar-refractivity contribution in [3.63, 3.8) is 0 Å². The Morgan fingerprint density at radius 3 is 2.33 bits per heavy atom. The lowest BCUT2D eigenvalue weighted by molar-refractivity contribution is -0.125. The van der Waals surface area contributed by atoms with Crippen LogP contribution < -0.4 is 16.4 Å². The van der Waals surface area contributed by atoms with Crippen molar-refractivity contribution in [1.82, 2.24) is 10.6 Å². The second-order valence-electron chi connectivity index (χ2n) is 4.95. The molecule has 1 aromatic carbocycles. The van der Waals surface area contributed by atoms with Gasteiger partial charge in [-0.2, -0.15) is 0 Å². The molecule has 0 aliphatic heterocycles. The SMILES string of the molecule is CC(N)C(C)C(=O)NCCC(=O)NCc1ccccc1.Cl. The second kappa shape index (κ2) is 10.2. The summed E-state index contributed by atoms with van der Waals surface area (Å²) in [6.45, 7) is 4.40. The van der Waals surface area contributed by atoms with Gasteiger partial charge in [0.05, 0.1) is 0 Å². The molecule has 1 rings (SSSR count). The van der Waals surface area contributed by atoms with Gasteiger partial charge in [0.15, 0.2) is 0 Å². The van der Waals surface area contributed by atoms with Crippen molar-refractivity contribution in [2.24, 2.45) is 11.7 Å². The summed E-state index contributed by atoms with van der Waals surface area (Å²) in [4.78, 5) is 23.2. The van der Waals surface area contributed by atoms with E-state index in [4.69, 9.17) is 5.73 Å². The van der Waals surface area contributed by atoms with Gasteiger partial charge in [0.2, 0.25) is 11.8 Å². The number of carbonyl (C=O) groups is 2. The molecule has 0 fully saturated rings. The van der Waals surface area contributed by atoms with Crippen molar-refractivity contribution in [2.75, 3.05) is 6.54 Å². The van der Waals surface area contributed by atoms with Crippen LogP contribution in [-0.2, 0) is 16.1 Å². The van der Waals surface area contributed by atoms with Gasteiger partial charge < -0.3 is 16.4 Å². The van der Waals surface area contributed by atoms with E-state index in [0.29, 0.717) is 13.1 Å². The van der Waals surface area contributed by atoms with E-state index in [1.165, 1.54) is 0 Å². The smallest absolute Gasteiger partial charge is 0.224 e. The average molecular weight is 314 g/mol. The van der Waals surface area contributed by atoms with Crippen LogP contribution in [0.25, 0.3) is 0 Å². The lowest BCUT2D eigenvalue weighted by Gasteiger charge is -2.15. The minimum Gasteiger partial charge on any atom is -0.355 e. The standard InChI is InChI=1S/C15H23N3O2.ClH/c1-11(12(2)16)15(20)17-9-8-14(19)18-10-13-6-4-3-5-7-13;/h3-7,11-12H,8-10,16H2,1-2H3,(H,17,20)(H,18,19);1H. The van der Waals surface area contributed by atoms with E-state index in [9.17, 15) is 9.59 Å². The van der Waals surface area contributed by atoms with E-state index in [-0.39, 0.29) is 42.6 Å². The summed E-state index contributed by atoms with van der Waals surface area (Å²) in [5.41, 5.74) is 6.69. The summed E-state index contributed by atoms with van der Waals surface area (Å²) >= 11 is 0. The highest BCUT2D eigenvalue weighted by Crippen LogP contribution is 1.99. The zero-order valence-corrected chi connectivity index (χ0v) is 13.3. The fourth-order valence-electron chi connectivity index (χ4n) is 1.58. The van der Waals surface area contributed by atoms with E-state index in [2.05, 4.69) is 10.6 Å². The molecule has 6 heteroatoms. The molecule has 4 N–H and O–H groups in total. The number of benzene rings is 1. The van der Waals surface area contributed by atoms with Gasteiger partial charge in [-0.3, -0.25) is 9.59 Å². The molecule has 0 spiro atoms. The van der Waals surface area contributed by atoms with Crippen LogP contribution in [0.2, 0.25) is 0 Å². The maximum Gasteiger partial charge on any atom is 0.224 e. The molecule has 0 saturated heterocycles. The van der Waals surface area contributed by atoms with E-state index >= 15 is 0 Å². The number of amides is 2. The van der Waals surface area contributed by atoms with E-state index in [0.717, 1.165) is 5.56 Å². The van der Waals surface area contributed by atoms with E-state index in [1.807, 2.05) is 30.3 Å². The minimum atomic E-state index is -0.248. The van der Waals surface area contributed by atoms with Crippen molar-refractivity contribution in [1.29, 1.82) is 0 Å². The van der Waals surface area contributed by atoms with Gasteiger partial charge in [-0.25, -0.2) is 0 Å². The molecule has 118 valence electrons. The monoisotopic (exact) mass is 313 g/mol. The normalized spacial score (nSPS) is 12.7. The fraction of sp³-hybridized carbons (Fsp3) is 0.467. The number of rotatable bonds is 7. The van der Waals surface area contributed by atoms with Crippen LogP contribution in [-0.4, -0.2) is 24.4 Å². The van der Waals surface area contributed by atoms with Gasteiger partial charge in [0.25, 0.3) is 0 Å². The first-order chi connectivity index (χ1) is 9.50. The van der Waals surface area contributed by atoms with E-state index < -0.39 is 0 Å². The van der Waals surface area contributed by atoms with Crippen LogP contribution in [0.5, 0.6) is 0 Å². The molecule has 5 nitrogen and oxygen atoms in total. The van der Waals surface area contributed by atoms with Gasteiger partial charge >= 0.3 is 0 Å². The molecule has 2 unspecified atom stereocenters. The van der Waals surface area contributed by atoms with Crippen LogP contribution in [0.15, 0.2) is 30.3 Å². The minimum absolute atomic E-state index is 0. The molecule has 0 radical (unpaired) electrons. The van der Waals surface area contributed by atoms with Crippen molar-refractivity contribution < 1.29 is 9.59 Å². The van der Waals surface area contributed by atoms with Crippen LogP contribution in [0.3, 0.4) is 0 Å². The third kappa shape index (κ3) is 7.68. The lowest BCUT2D eigenvalue weighted by atomic mass is 10.0. The van der Waals surface area contributed by atoms with Crippen LogP contribution in [0.1, 0.15) is 25.8 Å². The molecule has 0 aliphatic carbocycles. The highest BCUT2D eigenvalue weighted by atomic mass is 35.5. The third-order valence-corrected chi connectivity index (χ3v) is 3.19. The Morgan fingerprint density at radius 1 is 1.14 bits per heavy atom. The molecule has 21 heavy (non-hydrogen) atoms. The number of halogens is 1. The molecule has 1 aromatic rings. The van der Waals surface area contributed by atoms with Crippen LogP contribution in [0.4, 0.5) is 0 Å². The van der Waals surface area contributed by atoms with Gasteiger partial charge in [-0.15, -0.1) is 12.4 Å². The highest BCUT2D eigenvalue weighted by Gasteiger charge is 2.16. The Bertz CT molecular complexity index is 438. The van der Waals surface area contributed by atoms with E-state index in [1.54, 1.807) is 13.8 Å². The first-order valence-electron chi connectivity index (χ1n) is 6.84. The number of hydrogen-bond acceptors (Lipinski definition) is 3. The van der Waals surface area contributed by atoms with Crippen molar-refractivity contribution in [3.8, 4) is 0 Å². The predicted octanol–water partition coefficient (Wildman–Crippen LogP) is 1.21. The number of nitrogens with one attached hydrogen (secondary N) is 2. The predicted molar refractivity (Wildman–Crippen MR) is 86.0 cm³/mol. The number of hydrogen-bond donors (Lipinski definition) is 3. The number of carbonyl (C=O) groups excluding carboxylic acids is 2. The Labute approximate surface area is 132 Å². The summed E-state index contributed by atoms with van der Waals surface area (Å²) in [6.07, 6.45) is 0.268. The Hall–Kier alpha value is -1.59. The molecule has 0 heterocycles. The molecule has 0 bridgehead atoms. The van der Waals surface area contributed by atoms with Gasteiger partial charge in [-0.1, -0.05) is 37.3 Å². The summed E-state index contributed by atoms with van der Waals surface area (Å²) in [5, 5.41) is 5.52. The average Bonchev–Trinajstić information content (AvgIpc) is 2.45. The summed E-state index contributed by atoms with van der Waals surface area (Å²) < 4.78 is 0. The van der Waals surface area contributed by atoms with Gasteiger partial charge in [0.1, 0.15) is 0 Å². The van der Waals surface area contributed by atoms with Crippen molar-refractivity contribution in [3.05, 3.63) is 35.9 Å². The third-order valence-electron chi connectivity index (χ3n) is 3.19. The molecular formula is C15H24ClN3O2. The molecule has 0 aromatic heterocycles.